The van der Waals surface area contributed by atoms with Gasteiger partial charge >= 0.3 is 0 Å². The topological polar surface area (TPSA) is 79.8 Å². The lowest BCUT2D eigenvalue weighted by Crippen LogP contribution is -2.11. The lowest BCUT2D eigenvalue weighted by atomic mass is 9.88. The van der Waals surface area contributed by atoms with Crippen molar-refractivity contribution in [2.24, 2.45) is 0 Å². The molecule has 0 aliphatic heterocycles. The van der Waals surface area contributed by atoms with E-state index in [1.54, 1.807) is 12.1 Å². The molecule has 0 atom stereocenters. The molecule has 0 aliphatic rings. The van der Waals surface area contributed by atoms with Crippen molar-refractivity contribution >= 4 is 27.5 Å². The summed E-state index contributed by atoms with van der Waals surface area (Å²) in [5, 5.41) is 9.89. The van der Waals surface area contributed by atoms with Crippen LogP contribution in [0.15, 0.2) is 89.4 Å². The molecule has 31 heavy (non-hydrogen) atoms. The zero-order valence-electron chi connectivity index (χ0n) is 16.5. The predicted octanol–water partition coefficient (Wildman–Crippen LogP) is 6.06. The Kier molecular flexibility index (Phi) is 5.92. The number of carbonyl (C=O) groups excluding carboxylic acids is 1. The molecule has 0 bridgehead atoms. The minimum Gasteiger partial charge on any atom is -0.383 e. The molecule has 0 unspecified atom stereocenters. The third-order valence-corrected chi connectivity index (χ3v) is 5.75. The smallest absolute Gasteiger partial charge is 0.167 e. The van der Waals surface area contributed by atoms with Crippen LogP contribution in [0.4, 0.5) is 5.82 Å². The number of aromatic nitrogens is 1. The van der Waals surface area contributed by atoms with Crippen LogP contribution >= 0.6 is 15.9 Å². The fraction of sp³-hybridized carbons (Fsp3) is 0.0385. The highest BCUT2D eigenvalue weighted by atomic mass is 79.9. The number of nitrogen functional groups attached to an aromatic ring is 1. The van der Waals surface area contributed by atoms with Crippen molar-refractivity contribution in [1.82, 2.24) is 4.98 Å². The number of rotatable bonds is 5. The minimum absolute atomic E-state index is 0.0541. The van der Waals surface area contributed by atoms with Gasteiger partial charge < -0.3 is 5.73 Å². The quantitative estimate of drug-likeness (QED) is 0.361. The van der Waals surface area contributed by atoms with Gasteiger partial charge in [-0.1, -0.05) is 94.8 Å². The molecule has 0 saturated carbocycles. The van der Waals surface area contributed by atoms with Crippen molar-refractivity contribution in [3.05, 3.63) is 106 Å². The van der Waals surface area contributed by atoms with Crippen LogP contribution in [-0.2, 0) is 6.42 Å². The number of halogens is 1. The van der Waals surface area contributed by atoms with Crippen molar-refractivity contribution in [3.8, 4) is 28.5 Å². The van der Waals surface area contributed by atoms with Gasteiger partial charge in [-0.05, 0) is 17.2 Å². The molecule has 1 heterocycles. The zero-order valence-corrected chi connectivity index (χ0v) is 18.1. The Labute approximate surface area is 189 Å². The Bertz CT molecular complexity index is 1300. The molecule has 4 aromatic rings. The molecule has 0 aliphatic carbocycles. The summed E-state index contributed by atoms with van der Waals surface area (Å²) in [6.45, 7) is 0. The third kappa shape index (κ3) is 4.11. The van der Waals surface area contributed by atoms with Crippen LogP contribution in [0.2, 0.25) is 0 Å². The molecule has 0 fully saturated rings. The highest BCUT2D eigenvalue weighted by Crippen LogP contribution is 2.39. The molecule has 5 heteroatoms. The third-order valence-electron chi connectivity index (χ3n) is 5.06. The van der Waals surface area contributed by atoms with Gasteiger partial charge in [-0.3, -0.25) is 4.79 Å². The maximum Gasteiger partial charge on any atom is 0.167 e. The summed E-state index contributed by atoms with van der Waals surface area (Å²) < 4.78 is 0.832. The lowest BCUT2D eigenvalue weighted by Gasteiger charge is -2.18. The van der Waals surface area contributed by atoms with Crippen molar-refractivity contribution < 1.29 is 4.79 Å². The van der Waals surface area contributed by atoms with Gasteiger partial charge in [-0.25, -0.2) is 4.98 Å². The summed E-state index contributed by atoms with van der Waals surface area (Å²) in [5.74, 6) is 0.0876. The molecule has 0 amide bonds. The summed E-state index contributed by atoms with van der Waals surface area (Å²) in [5.41, 5.74) is 10.7. The Hall–Kier alpha value is -3.75. The fourth-order valence-corrected chi connectivity index (χ4v) is 4.09. The summed E-state index contributed by atoms with van der Waals surface area (Å²) in [6, 6.07) is 28.5. The average Bonchev–Trinajstić information content (AvgIpc) is 2.81. The number of benzene rings is 3. The van der Waals surface area contributed by atoms with Crippen LogP contribution in [0.1, 0.15) is 21.5 Å². The highest BCUT2D eigenvalue weighted by molar-refractivity contribution is 9.10. The average molecular weight is 468 g/mol. The van der Waals surface area contributed by atoms with E-state index in [1.165, 1.54) is 0 Å². The van der Waals surface area contributed by atoms with Crippen LogP contribution < -0.4 is 5.73 Å². The van der Waals surface area contributed by atoms with E-state index in [2.05, 4.69) is 27.0 Å². The number of nitrogens with zero attached hydrogens (tertiary/aromatic N) is 2. The van der Waals surface area contributed by atoms with Crippen LogP contribution in [0.25, 0.3) is 22.4 Å². The first kappa shape index (κ1) is 20.5. The van der Waals surface area contributed by atoms with Crippen molar-refractivity contribution in [2.75, 3.05) is 5.73 Å². The maximum absolute atomic E-state index is 13.2. The molecule has 0 spiro atoms. The number of hydrogen-bond donors (Lipinski definition) is 1. The van der Waals surface area contributed by atoms with E-state index in [0.29, 0.717) is 22.4 Å². The Morgan fingerprint density at radius 1 is 0.935 bits per heavy atom. The predicted molar refractivity (Wildman–Crippen MR) is 126 cm³/mol. The van der Waals surface area contributed by atoms with Gasteiger partial charge in [-0.15, -0.1) is 0 Å². The molecule has 3 aromatic carbocycles. The number of ketones is 1. The van der Waals surface area contributed by atoms with Gasteiger partial charge in [0.05, 0.1) is 5.69 Å². The molecule has 0 radical (unpaired) electrons. The SMILES string of the molecule is N#Cc1c(N)nc(-c2ccccc2Br)c(CC(=O)c2ccccc2)c1-c1ccccc1. The standard InChI is InChI=1S/C26H18BrN3O/c27-22-14-8-7-13-19(22)25-20(15-23(31)17-9-3-1-4-10-17)24(18-11-5-2-6-12-18)21(16-28)26(29)30-25/h1-14H,15H2,(H2,29,30). The number of hydrogen-bond acceptors (Lipinski definition) is 4. The van der Waals surface area contributed by atoms with E-state index in [0.717, 1.165) is 15.6 Å². The van der Waals surface area contributed by atoms with Gasteiger partial charge in [0.2, 0.25) is 0 Å². The highest BCUT2D eigenvalue weighted by Gasteiger charge is 2.24. The molecule has 1 aromatic heterocycles. The first-order valence-corrected chi connectivity index (χ1v) is 10.5. The number of nitrogens with two attached hydrogens (primary N) is 1. The van der Waals surface area contributed by atoms with Crippen LogP contribution in [0, 0.1) is 11.3 Å². The first-order chi connectivity index (χ1) is 15.1. The molecule has 4 nitrogen and oxygen atoms in total. The minimum atomic E-state index is -0.0541. The number of carbonyl (C=O) groups is 1. The van der Waals surface area contributed by atoms with Gasteiger partial charge in [-0.2, -0.15) is 5.26 Å². The fourth-order valence-electron chi connectivity index (χ4n) is 3.61. The van der Waals surface area contributed by atoms with E-state index in [4.69, 9.17) is 5.73 Å². The van der Waals surface area contributed by atoms with Crippen LogP contribution in [0.3, 0.4) is 0 Å². The number of pyridine rings is 1. The second kappa shape index (κ2) is 8.95. The number of nitriles is 1. The summed E-state index contributed by atoms with van der Waals surface area (Å²) >= 11 is 3.59. The Morgan fingerprint density at radius 3 is 2.19 bits per heavy atom. The van der Waals surface area contributed by atoms with E-state index < -0.39 is 0 Å². The van der Waals surface area contributed by atoms with Gasteiger partial charge in [0, 0.05) is 27.6 Å². The van der Waals surface area contributed by atoms with Crippen molar-refractivity contribution in [2.45, 2.75) is 6.42 Å². The maximum atomic E-state index is 13.2. The largest absolute Gasteiger partial charge is 0.383 e. The van der Waals surface area contributed by atoms with E-state index in [-0.39, 0.29) is 23.6 Å². The van der Waals surface area contributed by atoms with Gasteiger partial charge in [0.15, 0.2) is 5.78 Å². The van der Waals surface area contributed by atoms with Gasteiger partial charge in [0.25, 0.3) is 0 Å². The zero-order chi connectivity index (χ0) is 21.8. The lowest BCUT2D eigenvalue weighted by molar-refractivity contribution is 0.0993. The van der Waals surface area contributed by atoms with E-state index in [1.807, 2.05) is 72.8 Å². The first-order valence-electron chi connectivity index (χ1n) is 9.71. The second-order valence-electron chi connectivity index (χ2n) is 7.00. The Balaban J connectivity index is 2.02. The normalized spacial score (nSPS) is 10.5. The molecule has 2 N–H and O–H groups in total. The molecule has 0 saturated heterocycles. The van der Waals surface area contributed by atoms with Crippen molar-refractivity contribution in [3.63, 3.8) is 0 Å². The molecule has 4 rings (SSSR count). The van der Waals surface area contributed by atoms with E-state index >= 15 is 0 Å². The Morgan fingerprint density at radius 2 is 1.55 bits per heavy atom. The number of Topliss-reactive ketones (excluding diaryl/α,β-unsaturated/α-hetero) is 1. The van der Waals surface area contributed by atoms with Crippen LogP contribution in [-0.4, -0.2) is 10.8 Å². The number of anilines is 1. The summed E-state index contributed by atoms with van der Waals surface area (Å²) in [6.07, 6.45) is 0.0901. The van der Waals surface area contributed by atoms with Crippen LogP contribution in [0.5, 0.6) is 0 Å². The molecule has 150 valence electrons. The second-order valence-corrected chi connectivity index (χ2v) is 7.85. The van der Waals surface area contributed by atoms with E-state index in [9.17, 15) is 10.1 Å². The molecular weight excluding hydrogens is 450 g/mol. The summed E-state index contributed by atoms with van der Waals surface area (Å²) in [4.78, 5) is 17.8. The molecular formula is C26H18BrN3O. The summed E-state index contributed by atoms with van der Waals surface area (Å²) in [7, 11) is 0. The monoisotopic (exact) mass is 467 g/mol. The van der Waals surface area contributed by atoms with Gasteiger partial charge in [0.1, 0.15) is 17.5 Å². The van der Waals surface area contributed by atoms with Crippen molar-refractivity contribution in [1.29, 1.82) is 5.26 Å².